The molecule has 0 aliphatic carbocycles. The lowest BCUT2D eigenvalue weighted by Gasteiger charge is -2.07. The second kappa shape index (κ2) is 9.35. The minimum absolute atomic E-state index is 0. The molecule has 0 saturated carbocycles. The summed E-state index contributed by atoms with van der Waals surface area (Å²) in [5, 5.41) is 4.50. The monoisotopic (exact) mass is 522 g/mol. The Morgan fingerprint density at radius 1 is 0.829 bits per heavy atom. The average Bonchev–Trinajstić information content (AvgIpc) is 3.27. The number of methoxy groups -OCH3 is 1. The van der Waals surface area contributed by atoms with Crippen LogP contribution < -0.4 is 26.3 Å². The Labute approximate surface area is 213 Å². The number of aromatic nitrogens is 2. The van der Waals surface area contributed by atoms with Crippen LogP contribution in [0.25, 0.3) is 43.8 Å². The van der Waals surface area contributed by atoms with Crippen LogP contribution in [0, 0.1) is 0 Å². The number of nitrogens with one attached hydrogen (secondary N) is 1. The molecule has 6 rings (SSSR count). The first-order valence-corrected chi connectivity index (χ1v) is 11.3. The number of carbonyl (C=O) groups is 1. The van der Waals surface area contributed by atoms with Gasteiger partial charge in [-0.05, 0) is 47.2 Å². The number of ether oxygens (including phenoxy) is 1. The number of carbonyl (C=O) groups excluding carboxylic acids is 1. The molecular weight excluding hydrogens is 500 g/mol. The van der Waals surface area contributed by atoms with E-state index in [9.17, 15) is 4.79 Å². The number of hydrogen-bond acceptors (Lipinski definition) is 2. The Bertz CT molecular complexity index is 1690. The molecule has 0 amide bonds. The van der Waals surface area contributed by atoms with Gasteiger partial charge in [-0.2, -0.15) is 4.57 Å². The number of fused-ring (bicyclic) bond motifs is 4. The normalized spacial score (nSPS) is 11.0. The topological polar surface area (TPSA) is 46.0 Å². The summed E-state index contributed by atoms with van der Waals surface area (Å²) in [5.74, 6) is 0.868. The first kappa shape index (κ1) is 22.8. The zero-order chi connectivity index (χ0) is 23.1. The number of benzene rings is 4. The highest BCUT2D eigenvalue weighted by molar-refractivity contribution is 6.10. The van der Waals surface area contributed by atoms with Crippen molar-refractivity contribution in [1.29, 1.82) is 0 Å². The van der Waals surface area contributed by atoms with Gasteiger partial charge in [-0.1, -0.05) is 54.6 Å². The van der Waals surface area contributed by atoms with Gasteiger partial charge in [0.1, 0.15) is 11.3 Å². The van der Waals surface area contributed by atoms with Gasteiger partial charge in [-0.25, -0.2) is 0 Å². The quantitative estimate of drug-likeness (QED) is 0.279. The first-order chi connectivity index (χ1) is 16.7. The number of aromatic amines is 1. The fourth-order valence-corrected chi connectivity index (χ4v) is 4.71. The number of rotatable bonds is 5. The van der Waals surface area contributed by atoms with Gasteiger partial charge in [0, 0.05) is 33.5 Å². The van der Waals surface area contributed by atoms with Gasteiger partial charge >= 0.3 is 0 Å². The van der Waals surface area contributed by atoms with E-state index in [1.165, 1.54) is 5.39 Å². The standard InChI is InChI=1S/C30H22N2O2.BrH/c1-34-24-14-12-21(13-15-24)30-29-26(25-8-4-5-9-27(25)31-29)16-17-32(30)19-28(33)23-11-10-20-6-2-3-7-22(20)18-23;/h2-18H,19H2,1H3;1H. The molecule has 0 fully saturated rings. The lowest BCUT2D eigenvalue weighted by Crippen LogP contribution is -3.00. The Morgan fingerprint density at radius 2 is 1.57 bits per heavy atom. The highest BCUT2D eigenvalue weighted by Gasteiger charge is 2.23. The molecular formula is C30H23BrN2O2. The SMILES string of the molecule is COc1ccc(-c2c3[nH]c4ccccc4c3cc[n+]2CC(=O)c2ccc3ccccc3c2)cc1.[Br-]. The molecule has 1 N–H and O–H groups in total. The van der Waals surface area contributed by atoms with Crippen molar-refractivity contribution in [3.8, 4) is 17.0 Å². The van der Waals surface area contributed by atoms with Gasteiger partial charge in [0.25, 0.3) is 0 Å². The van der Waals surface area contributed by atoms with Crippen LogP contribution in [0.3, 0.4) is 0 Å². The van der Waals surface area contributed by atoms with Crippen LogP contribution >= 0.6 is 0 Å². The number of Topliss-reactive ketones (excluding diaryl/α,β-unsaturated/α-hetero) is 1. The lowest BCUT2D eigenvalue weighted by atomic mass is 10.0. The maximum Gasteiger partial charge on any atom is 0.237 e. The van der Waals surface area contributed by atoms with Crippen molar-refractivity contribution in [2.24, 2.45) is 0 Å². The molecule has 2 aromatic heterocycles. The van der Waals surface area contributed by atoms with Crippen molar-refractivity contribution in [3.05, 3.63) is 109 Å². The Kier molecular flexibility index (Phi) is 6.10. The van der Waals surface area contributed by atoms with Crippen molar-refractivity contribution in [2.75, 3.05) is 7.11 Å². The summed E-state index contributed by atoms with van der Waals surface area (Å²) in [5.41, 5.74) is 4.80. The van der Waals surface area contributed by atoms with Crippen LogP contribution in [0.15, 0.2) is 103 Å². The first-order valence-electron chi connectivity index (χ1n) is 11.3. The molecule has 5 heteroatoms. The summed E-state index contributed by atoms with van der Waals surface area (Å²) < 4.78 is 7.40. The van der Waals surface area contributed by atoms with E-state index in [0.29, 0.717) is 5.56 Å². The fourth-order valence-electron chi connectivity index (χ4n) is 4.71. The predicted octanol–water partition coefficient (Wildman–Crippen LogP) is 3.32. The number of halogens is 1. The third-order valence-electron chi connectivity index (χ3n) is 6.44. The van der Waals surface area contributed by atoms with Crippen molar-refractivity contribution >= 4 is 38.4 Å². The third-order valence-corrected chi connectivity index (χ3v) is 6.44. The lowest BCUT2D eigenvalue weighted by molar-refractivity contribution is -0.671. The van der Waals surface area contributed by atoms with Crippen LogP contribution in [0.4, 0.5) is 0 Å². The molecule has 0 aliphatic heterocycles. The highest BCUT2D eigenvalue weighted by Crippen LogP contribution is 2.31. The largest absolute Gasteiger partial charge is 1.00 e. The summed E-state index contributed by atoms with van der Waals surface area (Å²) >= 11 is 0. The molecule has 0 aliphatic rings. The van der Waals surface area contributed by atoms with Gasteiger partial charge in [0.05, 0.1) is 7.11 Å². The zero-order valence-corrected chi connectivity index (χ0v) is 20.7. The second-order valence-corrected chi connectivity index (χ2v) is 8.47. The number of hydrogen-bond donors (Lipinski definition) is 1. The Balaban J connectivity index is 0.00000253. The molecule has 35 heavy (non-hydrogen) atoms. The van der Waals surface area contributed by atoms with E-state index in [1.807, 2.05) is 83.6 Å². The number of pyridine rings is 1. The molecule has 6 aromatic rings. The molecule has 0 radical (unpaired) electrons. The van der Waals surface area contributed by atoms with Gasteiger partial charge < -0.3 is 26.7 Å². The minimum Gasteiger partial charge on any atom is -1.00 e. The second-order valence-electron chi connectivity index (χ2n) is 8.47. The Morgan fingerprint density at radius 3 is 2.37 bits per heavy atom. The van der Waals surface area contributed by atoms with Crippen LogP contribution in [0.1, 0.15) is 10.4 Å². The molecule has 0 bridgehead atoms. The van der Waals surface area contributed by atoms with E-state index in [4.69, 9.17) is 4.74 Å². The molecule has 0 spiro atoms. The number of para-hydroxylation sites is 1. The van der Waals surface area contributed by atoms with E-state index in [0.717, 1.165) is 44.2 Å². The molecule has 172 valence electrons. The zero-order valence-electron chi connectivity index (χ0n) is 19.2. The molecule has 4 aromatic carbocycles. The van der Waals surface area contributed by atoms with Crippen LogP contribution in [0.5, 0.6) is 5.75 Å². The number of H-pyrrole nitrogens is 1. The van der Waals surface area contributed by atoms with E-state index in [-0.39, 0.29) is 29.3 Å². The molecule has 0 unspecified atom stereocenters. The van der Waals surface area contributed by atoms with Gasteiger partial charge in [-0.3, -0.25) is 4.79 Å². The van der Waals surface area contributed by atoms with Crippen LogP contribution in [-0.2, 0) is 6.54 Å². The Hall–Kier alpha value is -3.96. The summed E-state index contributed by atoms with van der Waals surface area (Å²) in [6.45, 7) is 0.241. The fraction of sp³-hybridized carbons (Fsp3) is 0.0667. The number of ketones is 1. The summed E-state index contributed by atoms with van der Waals surface area (Å²) in [6.07, 6.45) is 2.02. The van der Waals surface area contributed by atoms with E-state index >= 15 is 0 Å². The van der Waals surface area contributed by atoms with E-state index in [1.54, 1.807) is 7.11 Å². The predicted molar refractivity (Wildman–Crippen MR) is 136 cm³/mol. The molecule has 4 nitrogen and oxygen atoms in total. The average molecular weight is 523 g/mol. The summed E-state index contributed by atoms with van der Waals surface area (Å²) in [6, 6.07) is 32.4. The smallest absolute Gasteiger partial charge is 0.237 e. The highest BCUT2D eigenvalue weighted by atomic mass is 79.9. The van der Waals surface area contributed by atoms with Gasteiger partial charge in [0.15, 0.2) is 6.20 Å². The molecule has 0 atom stereocenters. The van der Waals surface area contributed by atoms with Crippen LogP contribution in [-0.4, -0.2) is 17.9 Å². The third kappa shape index (κ3) is 4.08. The van der Waals surface area contributed by atoms with E-state index < -0.39 is 0 Å². The summed E-state index contributed by atoms with van der Waals surface area (Å²) in [4.78, 5) is 17.0. The maximum absolute atomic E-state index is 13.4. The maximum atomic E-state index is 13.4. The van der Waals surface area contributed by atoms with Gasteiger partial charge in [-0.15, -0.1) is 0 Å². The number of nitrogens with zero attached hydrogens (tertiary/aromatic N) is 1. The summed E-state index contributed by atoms with van der Waals surface area (Å²) in [7, 11) is 1.66. The van der Waals surface area contributed by atoms with Crippen molar-refractivity contribution < 1.29 is 31.1 Å². The van der Waals surface area contributed by atoms with Crippen molar-refractivity contribution in [2.45, 2.75) is 6.54 Å². The van der Waals surface area contributed by atoms with Crippen molar-refractivity contribution in [1.82, 2.24) is 4.98 Å². The van der Waals surface area contributed by atoms with Crippen LogP contribution in [0.2, 0.25) is 0 Å². The van der Waals surface area contributed by atoms with E-state index in [2.05, 4.69) is 29.2 Å². The molecule has 2 heterocycles. The minimum atomic E-state index is 0. The van der Waals surface area contributed by atoms with Gasteiger partial charge in [0.2, 0.25) is 18.0 Å². The van der Waals surface area contributed by atoms with Crippen molar-refractivity contribution in [3.63, 3.8) is 0 Å². The molecule has 0 saturated heterocycles.